The molecule has 4 nitrogen and oxygen atoms in total. The fourth-order valence-electron chi connectivity index (χ4n) is 1.88. The number of rotatable bonds is 5. The lowest BCUT2D eigenvalue weighted by molar-refractivity contribution is 0.332. The van der Waals surface area contributed by atoms with Crippen molar-refractivity contribution in [3.8, 4) is 11.4 Å². The first kappa shape index (κ1) is 13.7. The van der Waals surface area contributed by atoms with E-state index in [0.717, 1.165) is 6.54 Å². The van der Waals surface area contributed by atoms with E-state index in [4.69, 9.17) is 4.52 Å². The standard InChI is InChI=1S/C14H18FN3O/c1-4-16-10(3)9(2)14-17-13(18-19-14)11-6-5-7-12(15)8-11/h5-10,16H,4H2,1-3H3. The largest absolute Gasteiger partial charge is 0.339 e. The van der Waals surface area contributed by atoms with E-state index in [2.05, 4.69) is 29.3 Å². The second-order valence-electron chi connectivity index (χ2n) is 4.60. The van der Waals surface area contributed by atoms with Crippen LogP contribution in [0.15, 0.2) is 28.8 Å². The predicted octanol–water partition coefficient (Wildman–Crippen LogP) is 2.98. The van der Waals surface area contributed by atoms with Gasteiger partial charge < -0.3 is 9.84 Å². The number of nitrogens with one attached hydrogen (secondary N) is 1. The monoisotopic (exact) mass is 263 g/mol. The van der Waals surface area contributed by atoms with Crippen LogP contribution in [0.2, 0.25) is 0 Å². The zero-order chi connectivity index (χ0) is 13.8. The van der Waals surface area contributed by atoms with Gasteiger partial charge in [-0.1, -0.05) is 31.1 Å². The van der Waals surface area contributed by atoms with Crippen LogP contribution >= 0.6 is 0 Å². The summed E-state index contributed by atoms with van der Waals surface area (Å²) in [6.07, 6.45) is 0. The Morgan fingerprint density at radius 2 is 2.16 bits per heavy atom. The summed E-state index contributed by atoms with van der Waals surface area (Å²) in [6.45, 7) is 7.03. The van der Waals surface area contributed by atoms with Gasteiger partial charge in [0.15, 0.2) is 0 Å². The first-order valence-electron chi connectivity index (χ1n) is 6.44. The molecule has 2 atom stereocenters. The number of nitrogens with zero attached hydrogens (tertiary/aromatic N) is 2. The maximum Gasteiger partial charge on any atom is 0.231 e. The minimum Gasteiger partial charge on any atom is -0.339 e. The molecule has 0 aliphatic heterocycles. The molecule has 0 saturated carbocycles. The molecule has 5 heteroatoms. The summed E-state index contributed by atoms with van der Waals surface area (Å²) in [7, 11) is 0. The van der Waals surface area contributed by atoms with E-state index in [-0.39, 0.29) is 17.8 Å². The van der Waals surface area contributed by atoms with Crippen molar-refractivity contribution in [2.75, 3.05) is 6.54 Å². The van der Waals surface area contributed by atoms with Gasteiger partial charge in [-0.3, -0.25) is 0 Å². The minimum atomic E-state index is -0.307. The van der Waals surface area contributed by atoms with Crippen molar-refractivity contribution in [2.45, 2.75) is 32.7 Å². The molecule has 0 aliphatic carbocycles. The lowest BCUT2D eigenvalue weighted by Crippen LogP contribution is -2.30. The van der Waals surface area contributed by atoms with Crippen LogP contribution in [0.4, 0.5) is 4.39 Å². The Bertz CT molecular complexity index is 541. The predicted molar refractivity (Wildman–Crippen MR) is 71.2 cm³/mol. The van der Waals surface area contributed by atoms with Crippen LogP contribution in [-0.4, -0.2) is 22.7 Å². The fraction of sp³-hybridized carbons (Fsp3) is 0.429. The Labute approximate surface area is 112 Å². The van der Waals surface area contributed by atoms with Crippen molar-refractivity contribution in [2.24, 2.45) is 0 Å². The molecule has 0 fully saturated rings. The molecule has 0 bridgehead atoms. The van der Waals surface area contributed by atoms with Crippen LogP contribution in [0, 0.1) is 5.82 Å². The van der Waals surface area contributed by atoms with Crippen molar-refractivity contribution < 1.29 is 8.91 Å². The minimum absolute atomic E-state index is 0.106. The number of aromatic nitrogens is 2. The summed E-state index contributed by atoms with van der Waals surface area (Å²) in [5.74, 6) is 0.783. The van der Waals surface area contributed by atoms with Crippen LogP contribution in [0.5, 0.6) is 0 Å². The fourth-order valence-corrected chi connectivity index (χ4v) is 1.88. The average molecular weight is 263 g/mol. The summed E-state index contributed by atoms with van der Waals surface area (Å²) in [4.78, 5) is 4.34. The normalized spacial score (nSPS) is 14.3. The third-order valence-corrected chi connectivity index (χ3v) is 3.19. The topological polar surface area (TPSA) is 51.0 Å². The van der Waals surface area contributed by atoms with Crippen molar-refractivity contribution in [3.63, 3.8) is 0 Å². The number of hydrogen-bond donors (Lipinski definition) is 1. The first-order chi connectivity index (χ1) is 9.11. The quantitative estimate of drug-likeness (QED) is 0.901. The molecule has 0 aliphatic rings. The molecule has 0 radical (unpaired) electrons. The zero-order valence-corrected chi connectivity index (χ0v) is 11.4. The van der Waals surface area contributed by atoms with Gasteiger partial charge in [0.05, 0.1) is 5.92 Å². The van der Waals surface area contributed by atoms with Crippen molar-refractivity contribution in [1.82, 2.24) is 15.5 Å². The van der Waals surface area contributed by atoms with Crippen molar-refractivity contribution in [3.05, 3.63) is 36.0 Å². The van der Waals surface area contributed by atoms with Gasteiger partial charge in [0.1, 0.15) is 5.82 Å². The van der Waals surface area contributed by atoms with Crippen LogP contribution in [0.3, 0.4) is 0 Å². The molecule has 0 amide bonds. The number of benzene rings is 1. The highest BCUT2D eigenvalue weighted by atomic mass is 19.1. The van der Waals surface area contributed by atoms with Gasteiger partial charge in [-0.05, 0) is 25.6 Å². The van der Waals surface area contributed by atoms with Gasteiger partial charge in [0.25, 0.3) is 0 Å². The van der Waals surface area contributed by atoms with Crippen molar-refractivity contribution >= 4 is 0 Å². The van der Waals surface area contributed by atoms with Gasteiger partial charge in [-0.15, -0.1) is 0 Å². The third kappa shape index (κ3) is 3.17. The molecule has 102 valence electrons. The van der Waals surface area contributed by atoms with E-state index in [1.807, 2.05) is 6.92 Å². The second-order valence-corrected chi connectivity index (χ2v) is 4.60. The number of halogens is 1. The average Bonchev–Trinajstić information content (AvgIpc) is 2.87. The molecule has 1 aromatic heterocycles. The third-order valence-electron chi connectivity index (χ3n) is 3.19. The summed E-state index contributed by atoms with van der Waals surface area (Å²) in [6, 6.07) is 6.42. The summed E-state index contributed by atoms with van der Waals surface area (Å²) in [5.41, 5.74) is 0.623. The molecule has 2 rings (SSSR count). The highest BCUT2D eigenvalue weighted by Crippen LogP contribution is 2.22. The van der Waals surface area contributed by atoms with Gasteiger partial charge in [0, 0.05) is 11.6 Å². The van der Waals surface area contributed by atoms with E-state index in [1.165, 1.54) is 12.1 Å². The van der Waals surface area contributed by atoms with E-state index < -0.39 is 0 Å². The molecule has 2 unspecified atom stereocenters. The van der Waals surface area contributed by atoms with Gasteiger partial charge >= 0.3 is 0 Å². The Balaban J connectivity index is 2.19. The molecule has 1 N–H and O–H groups in total. The maximum absolute atomic E-state index is 13.2. The molecule has 19 heavy (non-hydrogen) atoms. The first-order valence-corrected chi connectivity index (χ1v) is 6.44. The number of hydrogen-bond acceptors (Lipinski definition) is 4. The lowest BCUT2D eigenvalue weighted by atomic mass is 10.0. The Hall–Kier alpha value is -1.75. The second kappa shape index (κ2) is 5.93. The van der Waals surface area contributed by atoms with E-state index in [1.54, 1.807) is 12.1 Å². The summed E-state index contributed by atoms with van der Waals surface area (Å²) < 4.78 is 18.4. The van der Waals surface area contributed by atoms with Crippen molar-refractivity contribution in [1.29, 1.82) is 0 Å². The molecular formula is C14H18FN3O. The Morgan fingerprint density at radius 3 is 2.84 bits per heavy atom. The smallest absolute Gasteiger partial charge is 0.231 e. The van der Waals surface area contributed by atoms with Gasteiger partial charge in [0.2, 0.25) is 11.7 Å². The van der Waals surface area contributed by atoms with Gasteiger partial charge in [-0.2, -0.15) is 4.98 Å². The van der Waals surface area contributed by atoms with Crippen LogP contribution in [0.1, 0.15) is 32.6 Å². The molecule has 0 saturated heterocycles. The molecule has 0 spiro atoms. The summed E-state index contributed by atoms with van der Waals surface area (Å²) >= 11 is 0. The lowest BCUT2D eigenvalue weighted by Gasteiger charge is -2.16. The van der Waals surface area contributed by atoms with E-state index in [9.17, 15) is 4.39 Å². The highest BCUT2D eigenvalue weighted by Gasteiger charge is 2.20. The van der Waals surface area contributed by atoms with Gasteiger partial charge in [-0.25, -0.2) is 4.39 Å². The van der Waals surface area contributed by atoms with E-state index in [0.29, 0.717) is 17.3 Å². The molecule has 2 aromatic rings. The molecular weight excluding hydrogens is 245 g/mol. The van der Waals surface area contributed by atoms with Crippen LogP contribution < -0.4 is 5.32 Å². The highest BCUT2D eigenvalue weighted by molar-refractivity contribution is 5.53. The summed E-state index contributed by atoms with van der Waals surface area (Å²) in [5, 5.41) is 7.22. The van der Waals surface area contributed by atoms with Crippen LogP contribution in [-0.2, 0) is 0 Å². The Kier molecular flexibility index (Phi) is 4.27. The zero-order valence-electron chi connectivity index (χ0n) is 11.4. The van der Waals surface area contributed by atoms with E-state index >= 15 is 0 Å². The number of likely N-dealkylation sites (N-methyl/N-ethyl adjacent to an activating group) is 1. The molecule has 1 heterocycles. The maximum atomic E-state index is 13.2. The Morgan fingerprint density at radius 1 is 1.37 bits per heavy atom. The molecule has 1 aromatic carbocycles. The SMILES string of the molecule is CCNC(C)C(C)c1nc(-c2cccc(F)c2)no1. The van der Waals surface area contributed by atoms with Crippen LogP contribution in [0.25, 0.3) is 11.4 Å².